The Balaban J connectivity index is 2.60. The first-order chi connectivity index (χ1) is 5.08. The van der Waals surface area contributed by atoms with Crippen LogP contribution in [0.1, 0.15) is 6.92 Å². The molecule has 1 heterocycles. The first kappa shape index (κ1) is 8.97. The van der Waals surface area contributed by atoms with Gasteiger partial charge < -0.3 is 10.0 Å². The molecule has 0 amide bonds. The highest BCUT2D eigenvalue weighted by atomic mass is 16.3. The molecular weight excluding hydrogens is 140 g/mol. The zero-order valence-electron chi connectivity index (χ0n) is 7.67. The van der Waals surface area contributed by atoms with E-state index in [9.17, 15) is 5.11 Å². The van der Waals surface area contributed by atoms with Crippen LogP contribution in [0.4, 0.5) is 0 Å². The second kappa shape index (κ2) is 3.09. The second-order valence-corrected chi connectivity index (χ2v) is 3.81. The van der Waals surface area contributed by atoms with E-state index >= 15 is 0 Å². The van der Waals surface area contributed by atoms with Crippen molar-refractivity contribution in [2.24, 2.45) is 0 Å². The average molecular weight is 158 g/mol. The lowest BCUT2D eigenvalue weighted by atomic mass is 9.99. The van der Waals surface area contributed by atoms with Crippen LogP contribution in [0.2, 0.25) is 0 Å². The third-order valence-corrected chi connectivity index (χ3v) is 2.69. The summed E-state index contributed by atoms with van der Waals surface area (Å²) in [4.78, 5) is 4.49. The average Bonchev–Trinajstić information content (AvgIpc) is 1.98. The molecule has 0 aromatic heterocycles. The Morgan fingerprint density at radius 2 is 2.00 bits per heavy atom. The van der Waals surface area contributed by atoms with Gasteiger partial charge in [-0.2, -0.15) is 0 Å². The van der Waals surface area contributed by atoms with E-state index in [1.54, 1.807) is 0 Å². The lowest BCUT2D eigenvalue weighted by Gasteiger charge is -2.45. The maximum atomic E-state index is 9.17. The molecule has 11 heavy (non-hydrogen) atoms. The summed E-state index contributed by atoms with van der Waals surface area (Å²) in [7, 11) is 4.17. The van der Waals surface area contributed by atoms with Gasteiger partial charge >= 0.3 is 0 Å². The quantitative estimate of drug-likeness (QED) is 0.563. The molecule has 1 saturated heterocycles. The Bertz CT molecular complexity index is 140. The first-order valence-corrected chi connectivity index (χ1v) is 4.09. The molecular formula is C8H18N2O. The molecule has 0 spiro atoms. The van der Waals surface area contributed by atoms with Crippen LogP contribution in [-0.4, -0.2) is 60.8 Å². The van der Waals surface area contributed by atoms with Crippen molar-refractivity contribution in [2.75, 3.05) is 40.3 Å². The fraction of sp³-hybridized carbons (Fsp3) is 1.00. The Morgan fingerprint density at radius 1 is 1.36 bits per heavy atom. The van der Waals surface area contributed by atoms with Crippen LogP contribution >= 0.6 is 0 Å². The standard InChI is InChI=1S/C8H18N2O/c1-8(7-11)6-9(2)4-5-10(8)3/h11H,4-7H2,1-3H3/t8-/m1/s1. The molecule has 0 aromatic rings. The van der Waals surface area contributed by atoms with Gasteiger partial charge in [0.15, 0.2) is 0 Å². The number of piperazine rings is 1. The maximum Gasteiger partial charge on any atom is 0.0625 e. The molecule has 0 aromatic carbocycles. The molecule has 1 N–H and O–H groups in total. The molecule has 1 rings (SSSR count). The van der Waals surface area contributed by atoms with E-state index in [4.69, 9.17) is 0 Å². The Hall–Kier alpha value is -0.120. The van der Waals surface area contributed by atoms with Crippen LogP contribution in [0.5, 0.6) is 0 Å². The third-order valence-electron chi connectivity index (χ3n) is 2.69. The fourth-order valence-corrected chi connectivity index (χ4v) is 1.54. The van der Waals surface area contributed by atoms with Gasteiger partial charge in [-0.25, -0.2) is 0 Å². The molecule has 0 bridgehead atoms. The highest BCUT2D eigenvalue weighted by molar-refractivity contribution is 4.90. The highest BCUT2D eigenvalue weighted by Crippen LogP contribution is 2.17. The van der Waals surface area contributed by atoms with Gasteiger partial charge in [-0.1, -0.05) is 0 Å². The Morgan fingerprint density at radius 3 is 2.45 bits per heavy atom. The monoisotopic (exact) mass is 158 g/mol. The molecule has 0 aliphatic carbocycles. The Labute approximate surface area is 68.6 Å². The Kier molecular flexibility index (Phi) is 2.52. The summed E-state index contributed by atoms with van der Waals surface area (Å²) in [6, 6.07) is 0. The van der Waals surface area contributed by atoms with Crippen LogP contribution < -0.4 is 0 Å². The van der Waals surface area contributed by atoms with Gasteiger partial charge in [0.1, 0.15) is 0 Å². The summed E-state index contributed by atoms with van der Waals surface area (Å²) in [6.07, 6.45) is 0. The fourth-order valence-electron chi connectivity index (χ4n) is 1.54. The smallest absolute Gasteiger partial charge is 0.0625 e. The number of likely N-dealkylation sites (N-methyl/N-ethyl adjacent to an activating group) is 2. The largest absolute Gasteiger partial charge is 0.394 e. The minimum Gasteiger partial charge on any atom is -0.394 e. The number of hydrogen-bond donors (Lipinski definition) is 1. The highest BCUT2D eigenvalue weighted by Gasteiger charge is 2.33. The summed E-state index contributed by atoms with van der Waals surface area (Å²) in [5.41, 5.74) is -0.0347. The van der Waals surface area contributed by atoms with Gasteiger partial charge in [0, 0.05) is 19.6 Å². The van der Waals surface area contributed by atoms with Gasteiger partial charge in [0.05, 0.1) is 12.1 Å². The van der Waals surface area contributed by atoms with E-state index in [0.29, 0.717) is 0 Å². The summed E-state index contributed by atoms with van der Waals surface area (Å²) < 4.78 is 0. The molecule has 0 unspecified atom stereocenters. The van der Waals surface area contributed by atoms with E-state index < -0.39 is 0 Å². The van der Waals surface area contributed by atoms with Crippen molar-refractivity contribution in [1.82, 2.24) is 9.80 Å². The molecule has 1 fully saturated rings. The summed E-state index contributed by atoms with van der Waals surface area (Å²) in [6.45, 7) is 5.45. The predicted molar refractivity (Wildman–Crippen MR) is 45.6 cm³/mol. The van der Waals surface area contributed by atoms with Crippen molar-refractivity contribution in [3.8, 4) is 0 Å². The number of hydrogen-bond acceptors (Lipinski definition) is 3. The second-order valence-electron chi connectivity index (χ2n) is 3.81. The zero-order chi connectivity index (χ0) is 8.48. The van der Waals surface area contributed by atoms with Crippen molar-refractivity contribution >= 4 is 0 Å². The van der Waals surface area contributed by atoms with Crippen molar-refractivity contribution < 1.29 is 5.11 Å². The molecule has 1 atom stereocenters. The predicted octanol–water partition coefficient (Wildman–Crippen LogP) is -0.385. The SMILES string of the molecule is CN1CCN(C)[C@@](C)(CO)C1. The number of aliphatic hydroxyl groups excluding tert-OH is 1. The van der Waals surface area contributed by atoms with Gasteiger partial charge in [-0.05, 0) is 21.0 Å². The van der Waals surface area contributed by atoms with Crippen LogP contribution in [0.15, 0.2) is 0 Å². The molecule has 66 valence electrons. The first-order valence-electron chi connectivity index (χ1n) is 4.09. The summed E-state index contributed by atoms with van der Waals surface area (Å²) >= 11 is 0. The third kappa shape index (κ3) is 1.72. The number of aliphatic hydroxyl groups is 1. The van der Waals surface area contributed by atoms with Crippen LogP contribution in [0.3, 0.4) is 0 Å². The minimum absolute atomic E-state index is 0.0347. The van der Waals surface area contributed by atoms with Crippen molar-refractivity contribution in [1.29, 1.82) is 0 Å². The van der Waals surface area contributed by atoms with E-state index in [-0.39, 0.29) is 12.1 Å². The molecule has 1 aliphatic heterocycles. The van der Waals surface area contributed by atoms with Crippen LogP contribution in [0.25, 0.3) is 0 Å². The van der Waals surface area contributed by atoms with Gasteiger partial charge in [0.25, 0.3) is 0 Å². The molecule has 0 radical (unpaired) electrons. The van der Waals surface area contributed by atoms with E-state index in [1.165, 1.54) is 0 Å². The van der Waals surface area contributed by atoms with Crippen molar-refractivity contribution in [3.63, 3.8) is 0 Å². The molecule has 0 saturated carbocycles. The molecule has 1 aliphatic rings. The van der Waals surface area contributed by atoms with E-state index in [2.05, 4.69) is 30.8 Å². The number of nitrogens with zero attached hydrogens (tertiary/aromatic N) is 2. The van der Waals surface area contributed by atoms with Gasteiger partial charge in [-0.15, -0.1) is 0 Å². The van der Waals surface area contributed by atoms with Gasteiger partial charge in [-0.3, -0.25) is 4.90 Å². The number of rotatable bonds is 1. The maximum absolute atomic E-state index is 9.17. The van der Waals surface area contributed by atoms with Crippen LogP contribution in [-0.2, 0) is 0 Å². The summed E-state index contributed by atoms with van der Waals surface area (Å²) in [5.74, 6) is 0. The summed E-state index contributed by atoms with van der Waals surface area (Å²) in [5, 5.41) is 9.17. The normalized spacial score (nSPS) is 36.0. The minimum atomic E-state index is -0.0347. The van der Waals surface area contributed by atoms with E-state index in [0.717, 1.165) is 19.6 Å². The lowest BCUT2D eigenvalue weighted by molar-refractivity contribution is -0.000722. The lowest BCUT2D eigenvalue weighted by Crippen LogP contribution is -2.60. The van der Waals surface area contributed by atoms with Gasteiger partial charge in [0.2, 0.25) is 0 Å². The molecule has 3 nitrogen and oxygen atoms in total. The molecule has 3 heteroatoms. The van der Waals surface area contributed by atoms with E-state index in [1.807, 2.05) is 0 Å². The topological polar surface area (TPSA) is 26.7 Å². The van der Waals surface area contributed by atoms with Crippen molar-refractivity contribution in [3.05, 3.63) is 0 Å². The van der Waals surface area contributed by atoms with Crippen molar-refractivity contribution in [2.45, 2.75) is 12.5 Å². The zero-order valence-corrected chi connectivity index (χ0v) is 7.67. The van der Waals surface area contributed by atoms with Crippen LogP contribution in [0, 0.1) is 0 Å².